The average Bonchev–Trinajstić information content (AvgIpc) is 2.41. The Hall–Kier alpha value is -2.01. The number of aromatic nitrogens is 2. The summed E-state index contributed by atoms with van der Waals surface area (Å²) in [7, 11) is 0. The number of anilines is 3. The monoisotopic (exact) mass is 304 g/mol. The Morgan fingerprint density at radius 1 is 1.43 bits per heavy atom. The molecule has 1 aromatic heterocycles. The van der Waals surface area contributed by atoms with Crippen LogP contribution < -0.4 is 16.6 Å². The third-order valence-corrected chi connectivity index (χ3v) is 4.10. The second-order valence-corrected chi connectivity index (χ2v) is 5.81. The molecule has 1 heterocycles. The van der Waals surface area contributed by atoms with Gasteiger partial charge in [-0.05, 0) is 37.0 Å². The molecule has 0 spiro atoms. The lowest BCUT2D eigenvalue weighted by Gasteiger charge is -2.25. The van der Waals surface area contributed by atoms with Gasteiger partial charge in [-0.25, -0.2) is 4.68 Å². The molecule has 110 valence electrons. The number of nitrogens with two attached hydrogens (primary N) is 1. The predicted octanol–water partition coefficient (Wildman–Crippen LogP) is 3.02. The number of nitrogens with one attached hydrogen (secondary N) is 1. The van der Waals surface area contributed by atoms with Crippen molar-refractivity contribution < 1.29 is 0 Å². The molecule has 3 rings (SSSR count). The number of rotatable bonds is 4. The Kier molecular flexibility index (Phi) is 3.84. The van der Waals surface area contributed by atoms with Crippen molar-refractivity contribution >= 4 is 28.7 Å². The van der Waals surface area contributed by atoms with E-state index in [0.29, 0.717) is 28.9 Å². The van der Waals surface area contributed by atoms with Crippen LogP contribution in [0.3, 0.4) is 0 Å². The SMILES string of the molecule is Nc1cccc(Nc2c(Cl)cnn(CC3CCC3)c2=O)c1. The van der Waals surface area contributed by atoms with Gasteiger partial charge >= 0.3 is 0 Å². The molecule has 0 amide bonds. The van der Waals surface area contributed by atoms with E-state index in [4.69, 9.17) is 17.3 Å². The molecule has 1 aliphatic carbocycles. The fourth-order valence-electron chi connectivity index (χ4n) is 2.39. The Labute approximate surface area is 127 Å². The van der Waals surface area contributed by atoms with Crippen LogP contribution >= 0.6 is 11.6 Å². The van der Waals surface area contributed by atoms with Crippen LogP contribution in [-0.4, -0.2) is 9.78 Å². The highest BCUT2D eigenvalue weighted by atomic mass is 35.5. The van der Waals surface area contributed by atoms with Gasteiger partial charge in [-0.1, -0.05) is 24.1 Å². The average molecular weight is 305 g/mol. The van der Waals surface area contributed by atoms with Gasteiger partial charge in [0.1, 0.15) is 5.69 Å². The van der Waals surface area contributed by atoms with E-state index in [1.165, 1.54) is 17.3 Å². The van der Waals surface area contributed by atoms with E-state index in [1.54, 1.807) is 12.1 Å². The Balaban J connectivity index is 1.89. The summed E-state index contributed by atoms with van der Waals surface area (Å²) in [4.78, 5) is 12.5. The first-order valence-corrected chi connectivity index (χ1v) is 7.39. The van der Waals surface area contributed by atoms with E-state index >= 15 is 0 Å². The third kappa shape index (κ3) is 3.03. The molecule has 1 aliphatic rings. The standard InChI is InChI=1S/C15H17ClN4O/c16-13-8-18-20(9-10-3-1-4-10)15(21)14(13)19-12-6-2-5-11(17)7-12/h2,5-8,10,19H,1,3-4,9,17H2. The van der Waals surface area contributed by atoms with Gasteiger partial charge in [0.05, 0.1) is 11.2 Å². The molecule has 0 radical (unpaired) electrons. The van der Waals surface area contributed by atoms with Crippen molar-refractivity contribution in [1.29, 1.82) is 0 Å². The quantitative estimate of drug-likeness (QED) is 0.852. The second kappa shape index (κ2) is 5.77. The van der Waals surface area contributed by atoms with Crippen LogP contribution in [0.2, 0.25) is 5.02 Å². The highest BCUT2D eigenvalue weighted by molar-refractivity contribution is 6.33. The van der Waals surface area contributed by atoms with E-state index in [0.717, 1.165) is 18.5 Å². The summed E-state index contributed by atoms with van der Waals surface area (Å²) in [6.07, 6.45) is 5.07. The number of halogens is 1. The fourth-order valence-corrected chi connectivity index (χ4v) is 2.56. The van der Waals surface area contributed by atoms with E-state index in [-0.39, 0.29) is 5.56 Å². The van der Waals surface area contributed by atoms with Crippen molar-refractivity contribution in [2.24, 2.45) is 5.92 Å². The van der Waals surface area contributed by atoms with Crippen molar-refractivity contribution in [3.05, 3.63) is 45.8 Å². The van der Waals surface area contributed by atoms with Crippen LogP contribution in [0.25, 0.3) is 0 Å². The van der Waals surface area contributed by atoms with E-state index in [9.17, 15) is 4.79 Å². The molecule has 0 atom stereocenters. The van der Waals surface area contributed by atoms with E-state index < -0.39 is 0 Å². The minimum atomic E-state index is -0.197. The van der Waals surface area contributed by atoms with Crippen molar-refractivity contribution in [2.75, 3.05) is 11.1 Å². The summed E-state index contributed by atoms with van der Waals surface area (Å²) < 4.78 is 1.49. The summed E-state index contributed by atoms with van der Waals surface area (Å²) in [6, 6.07) is 7.20. The number of hydrogen-bond acceptors (Lipinski definition) is 4. The van der Waals surface area contributed by atoms with Gasteiger partial charge in [0, 0.05) is 17.9 Å². The molecule has 5 nitrogen and oxygen atoms in total. The molecule has 0 bridgehead atoms. The maximum absolute atomic E-state index is 12.5. The molecule has 0 unspecified atom stereocenters. The van der Waals surface area contributed by atoms with Crippen LogP contribution in [0.1, 0.15) is 19.3 Å². The van der Waals surface area contributed by atoms with Crippen LogP contribution in [0.15, 0.2) is 35.3 Å². The minimum absolute atomic E-state index is 0.197. The summed E-state index contributed by atoms with van der Waals surface area (Å²) in [5, 5.41) is 7.48. The molecule has 1 aromatic carbocycles. The lowest BCUT2D eigenvalue weighted by molar-refractivity contribution is 0.262. The Bertz CT molecular complexity index is 709. The number of benzene rings is 1. The number of nitrogens with zero attached hydrogens (tertiary/aromatic N) is 2. The van der Waals surface area contributed by atoms with Crippen molar-refractivity contribution in [3.63, 3.8) is 0 Å². The van der Waals surface area contributed by atoms with Gasteiger partial charge in [-0.15, -0.1) is 0 Å². The molecular formula is C15H17ClN4O. The molecule has 0 aliphatic heterocycles. The van der Waals surface area contributed by atoms with Gasteiger partial charge in [-0.3, -0.25) is 4.79 Å². The second-order valence-electron chi connectivity index (χ2n) is 5.40. The molecule has 3 N–H and O–H groups in total. The maximum atomic E-state index is 12.5. The molecule has 0 saturated heterocycles. The largest absolute Gasteiger partial charge is 0.399 e. The molecule has 2 aromatic rings. The molecule has 1 fully saturated rings. The van der Waals surface area contributed by atoms with Crippen LogP contribution in [0.5, 0.6) is 0 Å². The van der Waals surface area contributed by atoms with Crippen LogP contribution in [0, 0.1) is 5.92 Å². The molecule has 21 heavy (non-hydrogen) atoms. The summed E-state index contributed by atoms with van der Waals surface area (Å²) >= 11 is 6.11. The normalized spacial score (nSPS) is 14.7. The van der Waals surface area contributed by atoms with Crippen molar-refractivity contribution in [2.45, 2.75) is 25.8 Å². The van der Waals surface area contributed by atoms with Gasteiger partial charge in [0.25, 0.3) is 5.56 Å². The minimum Gasteiger partial charge on any atom is -0.399 e. The lowest BCUT2D eigenvalue weighted by Crippen LogP contribution is -2.30. The zero-order valence-electron chi connectivity index (χ0n) is 11.6. The topological polar surface area (TPSA) is 72.9 Å². The molecular weight excluding hydrogens is 288 g/mol. The highest BCUT2D eigenvalue weighted by Gasteiger charge is 2.20. The zero-order valence-corrected chi connectivity index (χ0v) is 12.3. The van der Waals surface area contributed by atoms with Crippen LogP contribution in [-0.2, 0) is 6.54 Å². The lowest BCUT2D eigenvalue weighted by atomic mass is 9.85. The Morgan fingerprint density at radius 2 is 2.24 bits per heavy atom. The van der Waals surface area contributed by atoms with Crippen LogP contribution in [0.4, 0.5) is 17.1 Å². The smallest absolute Gasteiger partial charge is 0.291 e. The molecule has 6 heteroatoms. The van der Waals surface area contributed by atoms with E-state index in [2.05, 4.69) is 10.4 Å². The predicted molar refractivity (Wildman–Crippen MR) is 85.0 cm³/mol. The van der Waals surface area contributed by atoms with Crippen molar-refractivity contribution in [3.8, 4) is 0 Å². The number of hydrogen-bond donors (Lipinski definition) is 2. The first kappa shape index (κ1) is 13.9. The van der Waals surface area contributed by atoms with E-state index in [1.807, 2.05) is 12.1 Å². The summed E-state index contributed by atoms with van der Waals surface area (Å²) in [6.45, 7) is 0.654. The summed E-state index contributed by atoms with van der Waals surface area (Å²) in [5.74, 6) is 0.552. The molecule has 1 saturated carbocycles. The van der Waals surface area contributed by atoms with Gasteiger partial charge in [0.2, 0.25) is 0 Å². The highest BCUT2D eigenvalue weighted by Crippen LogP contribution is 2.28. The zero-order chi connectivity index (χ0) is 14.8. The number of nitrogen functional groups attached to an aromatic ring is 1. The van der Waals surface area contributed by atoms with Gasteiger partial charge in [-0.2, -0.15) is 5.10 Å². The third-order valence-electron chi connectivity index (χ3n) is 3.81. The first-order chi connectivity index (χ1) is 10.1. The van der Waals surface area contributed by atoms with Crippen molar-refractivity contribution in [1.82, 2.24) is 9.78 Å². The van der Waals surface area contributed by atoms with Gasteiger partial charge in [0.15, 0.2) is 0 Å². The first-order valence-electron chi connectivity index (χ1n) is 7.01. The maximum Gasteiger partial charge on any atom is 0.291 e. The Morgan fingerprint density at radius 3 is 2.90 bits per heavy atom. The van der Waals surface area contributed by atoms with Gasteiger partial charge < -0.3 is 11.1 Å². The summed E-state index contributed by atoms with van der Waals surface area (Å²) in [5.41, 5.74) is 7.24. The fraction of sp³-hybridized carbons (Fsp3) is 0.333.